The molecule has 5 rings (SSSR count). The highest BCUT2D eigenvalue weighted by atomic mass is 19.1. The molecule has 4 heterocycles. The van der Waals surface area contributed by atoms with Gasteiger partial charge >= 0.3 is 0 Å². The topological polar surface area (TPSA) is 90.0 Å². The lowest BCUT2D eigenvalue weighted by Gasteiger charge is -2.38. The number of H-pyrrole nitrogens is 1. The van der Waals surface area contributed by atoms with Gasteiger partial charge in [-0.05, 0) is 49.6 Å². The first-order valence-corrected chi connectivity index (χ1v) is 9.90. The van der Waals surface area contributed by atoms with Crippen molar-refractivity contribution in [2.75, 3.05) is 11.9 Å². The molecule has 2 aliphatic heterocycles. The van der Waals surface area contributed by atoms with E-state index in [-0.39, 0.29) is 17.8 Å². The number of fused-ring (bicyclic) bond motifs is 2. The van der Waals surface area contributed by atoms with Crippen molar-refractivity contribution < 1.29 is 9.50 Å². The van der Waals surface area contributed by atoms with Crippen LogP contribution in [-0.2, 0) is 0 Å². The van der Waals surface area contributed by atoms with Gasteiger partial charge in [0.05, 0.1) is 17.4 Å². The van der Waals surface area contributed by atoms with E-state index in [1.165, 1.54) is 0 Å². The third kappa shape index (κ3) is 3.23. The normalized spacial score (nSPS) is 25.9. The molecule has 0 aliphatic carbocycles. The number of rotatable bonds is 4. The number of alkyl halides is 1. The van der Waals surface area contributed by atoms with E-state index in [1.807, 2.05) is 36.2 Å². The number of nitrogens with zero attached hydrogens (tertiary/aromatic N) is 4. The van der Waals surface area contributed by atoms with Gasteiger partial charge in [0.25, 0.3) is 0 Å². The molecule has 3 aromatic rings. The third-order valence-electron chi connectivity index (χ3n) is 6.15. The molecule has 2 fully saturated rings. The van der Waals surface area contributed by atoms with E-state index in [1.54, 1.807) is 18.3 Å². The molecule has 2 saturated heterocycles. The number of nitrogens with one attached hydrogen (secondary N) is 2. The van der Waals surface area contributed by atoms with Gasteiger partial charge in [-0.3, -0.25) is 5.10 Å². The summed E-state index contributed by atoms with van der Waals surface area (Å²) in [6.45, 7) is 0. The molecule has 3 N–H and O–H groups in total. The average molecular weight is 394 g/mol. The molecule has 1 aromatic carbocycles. The van der Waals surface area contributed by atoms with E-state index in [0.29, 0.717) is 23.1 Å². The van der Waals surface area contributed by atoms with Gasteiger partial charge in [0, 0.05) is 36.5 Å². The number of aromatic hydroxyl groups is 1. The summed E-state index contributed by atoms with van der Waals surface area (Å²) >= 11 is 0. The van der Waals surface area contributed by atoms with E-state index in [9.17, 15) is 9.50 Å². The second-order valence-electron chi connectivity index (χ2n) is 7.88. The quantitative estimate of drug-likeness (QED) is 0.630. The molecular formula is C21H23FN6O. The number of halogens is 1. The fourth-order valence-electron chi connectivity index (χ4n) is 4.51. The minimum Gasteiger partial charge on any atom is -0.507 e. The molecule has 0 radical (unpaired) electrons. The second-order valence-corrected chi connectivity index (χ2v) is 7.88. The highest BCUT2D eigenvalue weighted by Crippen LogP contribution is 2.34. The van der Waals surface area contributed by atoms with E-state index in [4.69, 9.17) is 0 Å². The van der Waals surface area contributed by atoms with Gasteiger partial charge in [-0.2, -0.15) is 5.10 Å². The van der Waals surface area contributed by atoms with Crippen molar-refractivity contribution in [3.8, 4) is 28.3 Å². The van der Waals surface area contributed by atoms with Gasteiger partial charge in [0.1, 0.15) is 11.9 Å². The van der Waals surface area contributed by atoms with Crippen LogP contribution >= 0.6 is 0 Å². The van der Waals surface area contributed by atoms with Crippen molar-refractivity contribution in [3.63, 3.8) is 0 Å². The van der Waals surface area contributed by atoms with Crippen LogP contribution in [0.5, 0.6) is 5.75 Å². The second kappa shape index (κ2) is 7.11. The van der Waals surface area contributed by atoms with Gasteiger partial charge < -0.3 is 15.3 Å². The molecule has 0 spiro atoms. The first-order chi connectivity index (χ1) is 14.1. The van der Waals surface area contributed by atoms with Crippen LogP contribution in [-0.4, -0.2) is 56.8 Å². The van der Waals surface area contributed by atoms with Crippen LogP contribution in [0.3, 0.4) is 0 Å². The summed E-state index contributed by atoms with van der Waals surface area (Å²) in [5, 5.41) is 29.2. The number of aromatic amines is 1. The Balaban J connectivity index is 1.36. The molecule has 2 unspecified atom stereocenters. The van der Waals surface area contributed by atoms with Crippen molar-refractivity contribution in [2.45, 2.75) is 43.6 Å². The molecule has 2 aromatic heterocycles. The lowest BCUT2D eigenvalue weighted by Crippen LogP contribution is -2.55. The zero-order valence-electron chi connectivity index (χ0n) is 16.1. The zero-order chi connectivity index (χ0) is 20.0. The molecule has 2 bridgehead atoms. The van der Waals surface area contributed by atoms with Crippen LogP contribution < -0.4 is 10.2 Å². The highest BCUT2D eigenvalue weighted by Gasteiger charge is 2.43. The molecule has 150 valence electrons. The fourth-order valence-corrected chi connectivity index (χ4v) is 4.51. The van der Waals surface area contributed by atoms with Gasteiger partial charge in [-0.1, -0.05) is 6.07 Å². The Bertz CT molecular complexity index is 993. The smallest absolute Gasteiger partial charge is 0.151 e. The molecule has 0 saturated carbocycles. The highest BCUT2D eigenvalue weighted by molar-refractivity contribution is 5.73. The SMILES string of the molecule is CN(c1ccc(-c2ccc(-c3ccn[nH]3)cc2O)nn1)[C@H]1CC2CCC(N2)[C@H]1F. The van der Waals surface area contributed by atoms with E-state index >= 15 is 0 Å². The van der Waals surface area contributed by atoms with Crippen molar-refractivity contribution in [1.29, 1.82) is 0 Å². The molecule has 2 aliphatic rings. The Morgan fingerprint density at radius 1 is 1.14 bits per heavy atom. The summed E-state index contributed by atoms with van der Waals surface area (Å²) in [7, 11) is 1.88. The maximum Gasteiger partial charge on any atom is 0.151 e. The van der Waals surface area contributed by atoms with Gasteiger partial charge in [0.2, 0.25) is 0 Å². The molecular weight excluding hydrogens is 371 g/mol. The van der Waals surface area contributed by atoms with Crippen LogP contribution in [0.4, 0.5) is 10.2 Å². The third-order valence-corrected chi connectivity index (χ3v) is 6.15. The summed E-state index contributed by atoms with van der Waals surface area (Å²) in [5.74, 6) is 0.752. The Kier molecular flexibility index (Phi) is 4.43. The number of phenolic OH excluding ortho intramolecular Hbond substituents is 1. The number of hydrogen-bond acceptors (Lipinski definition) is 6. The number of phenols is 1. The maximum atomic E-state index is 14.8. The Labute approximate surface area is 168 Å². The molecule has 0 amide bonds. The fraction of sp³-hybridized carbons (Fsp3) is 0.381. The van der Waals surface area contributed by atoms with Crippen molar-refractivity contribution in [1.82, 2.24) is 25.7 Å². The van der Waals surface area contributed by atoms with Crippen LogP contribution in [0.1, 0.15) is 19.3 Å². The van der Waals surface area contributed by atoms with Crippen LogP contribution in [0.2, 0.25) is 0 Å². The zero-order valence-corrected chi connectivity index (χ0v) is 16.1. The molecule has 7 nitrogen and oxygen atoms in total. The van der Waals surface area contributed by atoms with Gasteiger partial charge in [-0.25, -0.2) is 4.39 Å². The number of piperidine rings is 1. The van der Waals surface area contributed by atoms with Gasteiger partial charge in [-0.15, -0.1) is 10.2 Å². The first-order valence-electron chi connectivity index (χ1n) is 9.90. The maximum absolute atomic E-state index is 14.8. The summed E-state index contributed by atoms with van der Waals surface area (Å²) < 4.78 is 14.8. The summed E-state index contributed by atoms with van der Waals surface area (Å²) in [6, 6.07) is 11.0. The van der Waals surface area contributed by atoms with E-state index < -0.39 is 6.17 Å². The molecule has 29 heavy (non-hydrogen) atoms. The predicted molar refractivity (Wildman–Crippen MR) is 108 cm³/mol. The summed E-state index contributed by atoms with van der Waals surface area (Å²) in [5.41, 5.74) is 2.82. The molecule has 4 atom stereocenters. The monoisotopic (exact) mass is 394 g/mol. The first kappa shape index (κ1) is 18.1. The Morgan fingerprint density at radius 2 is 2.03 bits per heavy atom. The van der Waals surface area contributed by atoms with Crippen LogP contribution in [0.15, 0.2) is 42.6 Å². The van der Waals surface area contributed by atoms with Crippen LogP contribution in [0, 0.1) is 0 Å². The lowest BCUT2D eigenvalue weighted by molar-refractivity contribution is 0.176. The van der Waals surface area contributed by atoms with E-state index in [0.717, 1.165) is 30.5 Å². The van der Waals surface area contributed by atoms with E-state index in [2.05, 4.69) is 25.7 Å². The Morgan fingerprint density at radius 3 is 2.76 bits per heavy atom. The average Bonchev–Trinajstić information content (AvgIpc) is 3.41. The Hall–Kier alpha value is -3.00. The minimum absolute atomic E-state index is 0.0567. The summed E-state index contributed by atoms with van der Waals surface area (Å²) in [6.07, 6.45) is 3.45. The number of aromatic nitrogens is 4. The number of benzene rings is 1. The van der Waals surface area contributed by atoms with Crippen molar-refractivity contribution in [3.05, 3.63) is 42.6 Å². The number of hydrogen-bond donors (Lipinski definition) is 3. The van der Waals surface area contributed by atoms with Gasteiger partial charge in [0.15, 0.2) is 5.82 Å². The summed E-state index contributed by atoms with van der Waals surface area (Å²) in [4.78, 5) is 1.90. The predicted octanol–water partition coefficient (Wildman–Crippen LogP) is 2.91. The van der Waals surface area contributed by atoms with Crippen molar-refractivity contribution in [2.24, 2.45) is 0 Å². The number of anilines is 1. The molecule has 8 heteroatoms. The largest absolute Gasteiger partial charge is 0.507 e. The van der Waals surface area contributed by atoms with Crippen LogP contribution in [0.25, 0.3) is 22.5 Å². The standard InChI is InChI=1S/C21H23FN6O/c1-28(18-11-13-3-5-17(24-13)21(18)22)20-7-6-16(26-27-20)14-4-2-12(10-19(14)29)15-8-9-23-25-15/h2,4,6-10,13,17-18,21,24,29H,3,5,11H2,1H3,(H,23,25)/t13?,17?,18-,21+/m0/s1. The van der Waals surface area contributed by atoms with Crippen molar-refractivity contribution >= 4 is 5.82 Å². The lowest BCUT2D eigenvalue weighted by atomic mass is 9.96. The minimum atomic E-state index is -0.917.